The second-order valence-electron chi connectivity index (χ2n) is 6.74. The van der Waals surface area contributed by atoms with Crippen molar-refractivity contribution in [3.63, 3.8) is 0 Å². The molecule has 0 saturated heterocycles. The fourth-order valence-electron chi connectivity index (χ4n) is 3.26. The quantitative estimate of drug-likeness (QED) is 0.248. The molecule has 30 heavy (non-hydrogen) atoms. The van der Waals surface area contributed by atoms with Crippen LogP contribution >= 0.6 is 34.2 Å². The summed E-state index contributed by atoms with van der Waals surface area (Å²) >= 11 is 8.10. The largest absolute Gasteiger partial charge is 0.377 e. The molecule has 4 nitrogen and oxygen atoms in total. The van der Waals surface area contributed by atoms with Gasteiger partial charge in [-0.2, -0.15) is 0 Å². The zero-order valence-electron chi connectivity index (χ0n) is 15.7. The Kier molecular flexibility index (Phi) is 6.24. The number of Topliss-reactive ketones (excluding diaryl/α,β-unsaturated/α-hetero) is 1. The van der Waals surface area contributed by atoms with E-state index >= 15 is 0 Å². The van der Waals surface area contributed by atoms with Crippen molar-refractivity contribution < 1.29 is 9.18 Å². The third-order valence-corrected chi connectivity index (χ3v) is 5.65. The van der Waals surface area contributed by atoms with Crippen molar-refractivity contribution in [3.05, 3.63) is 98.2 Å². The predicted molar refractivity (Wildman–Crippen MR) is 126 cm³/mol. The molecule has 2 heterocycles. The Labute approximate surface area is 191 Å². The van der Waals surface area contributed by atoms with Crippen molar-refractivity contribution in [1.29, 1.82) is 0 Å². The summed E-state index contributed by atoms with van der Waals surface area (Å²) < 4.78 is 15.1. The van der Waals surface area contributed by atoms with Gasteiger partial charge in [-0.05, 0) is 76.2 Å². The molecule has 7 heteroatoms. The van der Waals surface area contributed by atoms with Gasteiger partial charge < -0.3 is 5.32 Å². The van der Waals surface area contributed by atoms with Gasteiger partial charge in [0, 0.05) is 50.2 Å². The van der Waals surface area contributed by atoms with E-state index in [2.05, 4.69) is 37.9 Å². The molecular formula is C23H16ClFIN3O. The highest BCUT2D eigenvalue weighted by atomic mass is 127. The third kappa shape index (κ3) is 4.60. The minimum absolute atomic E-state index is 0.0912. The molecule has 0 aliphatic carbocycles. The highest BCUT2D eigenvalue weighted by Gasteiger charge is 2.14. The summed E-state index contributed by atoms with van der Waals surface area (Å²) in [6.45, 7) is 0.0912. The molecular weight excluding hydrogens is 516 g/mol. The van der Waals surface area contributed by atoms with Gasteiger partial charge in [-0.25, -0.2) is 4.39 Å². The van der Waals surface area contributed by atoms with Crippen molar-refractivity contribution in [1.82, 2.24) is 9.97 Å². The smallest absolute Gasteiger partial charge is 0.182 e. The predicted octanol–water partition coefficient (Wildman–Crippen LogP) is 5.91. The molecule has 0 fully saturated rings. The number of benzene rings is 2. The Morgan fingerprint density at radius 3 is 2.77 bits per heavy atom. The minimum atomic E-state index is -0.288. The van der Waals surface area contributed by atoms with Gasteiger partial charge in [0.15, 0.2) is 5.78 Å². The zero-order valence-corrected chi connectivity index (χ0v) is 18.6. The van der Waals surface area contributed by atoms with E-state index in [0.717, 1.165) is 20.2 Å². The fraction of sp³-hybridized carbons (Fsp3) is 0.0870. The number of aromatic nitrogens is 2. The Morgan fingerprint density at radius 1 is 1.07 bits per heavy atom. The van der Waals surface area contributed by atoms with E-state index in [1.807, 2.05) is 18.2 Å². The molecule has 4 aromatic rings. The van der Waals surface area contributed by atoms with E-state index in [0.29, 0.717) is 28.1 Å². The van der Waals surface area contributed by atoms with Gasteiger partial charge in [-0.1, -0.05) is 17.7 Å². The molecule has 2 aromatic carbocycles. The Balaban J connectivity index is 1.55. The lowest BCUT2D eigenvalue weighted by molar-refractivity contribution is 0.100. The van der Waals surface area contributed by atoms with Gasteiger partial charge in [-0.3, -0.25) is 14.8 Å². The van der Waals surface area contributed by atoms with Crippen LogP contribution in [-0.2, 0) is 6.42 Å². The van der Waals surface area contributed by atoms with Crippen molar-refractivity contribution in [3.8, 4) is 0 Å². The van der Waals surface area contributed by atoms with Crippen molar-refractivity contribution in [2.45, 2.75) is 6.42 Å². The number of fused-ring (bicyclic) bond motifs is 1. The van der Waals surface area contributed by atoms with E-state index in [1.165, 1.54) is 6.07 Å². The molecule has 0 radical (unpaired) electrons. The lowest BCUT2D eigenvalue weighted by atomic mass is 9.99. The average molecular weight is 532 g/mol. The standard InChI is InChI=1S/C23H16ClFIN3O/c24-16-2-4-19-21(6-8-28-22(19)10-16)29-13-23(30)18-5-7-27-12-15(18)9-14-1-3-17(26)11-20(14)25/h1-8,10-12H,9,13H2,(H,28,29). The molecule has 0 aliphatic heterocycles. The molecule has 0 atom stereocenters. The number of carbonyl (C=O) groups excluding carboxylic acids is 1. The van der Waals surface area contributed by atoms with Crippen LogP contribution in [0.2, 0.25) is 5.02 Å². The van der Waals surface area contributed by atoms with Crippen LogP contribution in [0.15, 0.2) is 67.1 Å². The lowest BCUT2D eigenvalue weighted by Gasteiger charge is -2.12. The second kappa shape index (κ2) is 9.06. The first-order chi connectivity index (χ1) is 14.5. The van der Waals surface area contributed by atoms with Crippen molar-refractivity contribution in [2.75, 3.05) is 11.9 Å². The zero-order chi connectivity index (χ0) is 21.1. The summed E-state index contributed by atoms with van der Waals surface area (Å²) in [6, 6.07) is 14.0. The number of hydrogen-bond donors (Lipinski definition) is 1. The maximum absolute atomic E-state index is 14.3. The number of nitrogens with one attached hydrogen (secondary N) is 1. The molecule has 0 unspecified atom stereocenters. The number of pyridine rings is 2. The van der Waals surface area contributed by atoms with Gasteiger partial charge >= 0.3 is 0 Å². The third-order valence-electron chi connectivity index (χ3n) is 4.74. The normalized spacial score (nSPS) is 10.9. The van der Waals surface area contributed by atoms with Crippen LogP contribution in [0.25, 0.3) is 10.9 Å². The van der Waals surface area contributed by atoms with Crippen molar-refractivity contribution in [2.24, 2.45) is 0 Å². The Bertz CT molecular complexity index is 1250. The van der Waals surface area contributed by atoms with Crippen LogP contribution in [0.5, 0.6) is 0 Å². The van der Waals surface area contributed by atoms with Gasteiger partial charge in [0.05, 0.1) is 12.1 Å². The molecule has 0 aliphatic rings. The molecule has 2 aromatic heterocycles. The molecule has 0 saturated carbocycles. The number of hydrogen-bond acceptors (Lipinski definition) is 4. The van der Waals surface area contributed by atoms with Gasteiger partial charge in [0.25, 0.3) is 0 Å². The molecule has 150 valence electrons. The van der Waals surface area contributed by atoms with Crippen LogP contribution < -0.4 is 5.32 Å². The maximum atomic E-state index is 14.3. The van der Waals surface area contributed by atoms with Crippen LogP contribution in [-0.4, -0.2) is 22.3 Å². The topological polar surface area (TPSA) is 54.9 Å². The Hall–Kier alpha value is -2.58. The van der Waals surface area contributed by atoms with E-state index in [1.54, 1.807) is 42.9 Å². The van der Waals surface area contributed by atoms with E-state index in [4.69, 9.17) is 11.6 Å². The molecule has 0 amide bonds. The number of rotatable bonds is 6. The summed E-state index contributed by atoms with van der Waals surface area (Å²) in [6.07, 6.45) is 5.16. The van der Waals surface area contributed by atoms with E-state index < -0.39 is 0 Å². The fourth-order valence-corrected chi connectivity index (χ4v) is 3.88. The number of carbonyl (C=O) groups is 1. The van der Waals surface area contributed by atoms with Crippen molar-refractivity contribution >= 4 is 56.6 Å². The number of ketones is 1. The summed E-state index contributed by atoms with van der Waals surface area (Å²) in [5, 5.41) is 4.67. The number of anilines is 1. The maximum Gasteiger partial charge on any atom is 0.182 e. The van der Waals surface area contributed by atoms with Gasteiger partial charge in [0.2, 0.25) is 0 Å². The van der Waals surface area contributed by atoms with Crippen LogP contribution in [0, 0.1) is 9.39 Å². The first kappa shape index (κ1) is 20.7. The average Bonchev–Trinajstić information content (AvgIpc) is 2.74. The first-order valence-corrected chi connectivity index (χ1v) is 10.6. The summed E-state index contributed by atoms with van der Waals surface area (Å²) in [5.74, 6) is -0.388. The highest BCUT2D eigenvalue weighted by molar-refractivity contribution is 14.1. The Morgan fingerprint density at radius 2 is 1.93 bits per heavy atom. The summed E-state index contributed by atoms with van der Waals surface area (Å²) in [7, 11) is 0. The SMILES string of the molecule is O=C(CNc1ccnc2cc(Cl)ccc12)c1ccncc1Cc1ccc(I)cc1F. The molecule has 0 bridgehead atoms. The van der Waals surface area contributed by atoms with Gasteiger partial charge in [0.1, 0.15) is 5.82 Å². The molecule has 0 spiro atoms. The second-order valence-corrected chi connectivity index (χ2v) is 8.42. The number of nitrogens with zero attached hydrogens (tertiary/aromatic N) is 2. The van der Waals surface area contributed by atoms with Crippen LogP contribution in [0.3, 0.4) is 0 Å². The monoisotopic (exact) mass is 531 g/mol. The summed E-state index contributed by atoms with van der Waals surface area (Å²) in [4.78, 5) is 21.4. The lowest BCUT2D eigenvalue weighted by Crippen LogP contribution is -2.16. The molecule has 4 rings (SSSR count). The minimum Gasteiger partial charge on any atom is -0.377 e. The van der Waals surface area contributed by atoms with Gasteiger partial charge in [-0.15, -0.1) is 0 Å². The number of halogens is 3. The first-order valence-electron chi connectivity index (χ1n) is 9.19. The van der Waals surface area contributed by atoms with E-state index in [-0.39, 0.29) is 18.1 Å². The van der Waals surface area contributed by atoms with Crippen LogP contribution in [0.4, 0.5) is 10.1 Å². The summed E-state index contributed by atoms with van der Waals surface area (Å²) in [5.41, 5.74) is 3.29. The molecule has 1 N–H and O–H groups in total. The highest BCUT2D eigenvalue weighted by Crippen LogP contribution is 2.25. The van der Waals surface area contributed by atoms with E-state index in [9.17, 15) is 9.18 Å². The van der Waals surface area contributed by atoms with Crippen LogP contribution in [0.1, 0.15) is 21.5 Å².